The number of benzene rings is 2. The quantitative estimate of drug-likeness (QED) is 0.468. The van der Waals surface area contributed by atoms with Crippen molar-refractivity contribution < 1.29 is 9.59 Å². The van der Waals surface area contributed by atoms with Gasteiger partial charge in [0.25, 0.3) is 11.5 Å². The Bertz CT molecular complexity index is 1490. The third-order valence-corrected chi connectivity index (χ3v) is 5.82. The first-order valence-electron chi connectivity index (χ1n) is 10.8. The summed E-state index contributed by atoms with van der Waals surface area (Å²) in [6.45, 7) is 0.286. The molecule has 4 aromatic rings. The van der Waals surface area contributed by atoms with Gasteiger partial charge < -0.3 is 5.32 Å². The molecule has 0 saturated heterocycles. The van der Waals surface area contributed by atoms with E-state index in [0.29, 0.717) is 28.7 Å². The summed E-state index contributed by atoms with van der Waals surface area (Å²) in [6.07, 6.45) is 10.8. The van der Waals surface area contributed by atoms with Crippen LogP contribution in [-0.4, -0.2) is 25.6 Å². The predicted molar refractivity (Wildman–Crippen MR) is 126 cm³/mol. The van der Waals surface area contributed by atoms with Gasteiger partial charge in [-0.3, -0.25) is 23.4 Å². The normalized spacial score (nSPS) is 13.3. The Balaban J connectivity index is 1.33. The Labute approximate surface area is 189 Å². The number of carbonyl (C=O) groups excluding carboxylic acids is 2. The highest BCUT2D eigenvalue weighted by Gasteiger charge is 2.15. The first-order chi connectivity index (χ1) is 16.1. The lowest BCUT2D eigenvalue weighted by atomic mass is 10.1. The van der Waals surface area contributed by atoms with E-state index in [4.69, 9.17) is 0 Å². The number of rotatable bonds is 6. The fraction of sp³-hybridized carbons (Fsp3) is 0.154. The SMILES string of the molecule is O=C(NCc1ccc(C(=O)Cn2c(=O)c3ccccc3n3cncc23)cc1)C1=CCCC=C1. The number of amides is 1. The van der Waals surface area contributed by atoms with Crippen molar-refractivity contribution in [1.82, 2.24) is 19.3 Å². The molecule has 0 aliphatic heterocycles. The standard InChI is InChI=1S/C26H22N4O3/c31-23(16-29-24-15-27-17-30(24)22-9-5-4-8-21(22)26(29)33)19-12-10-18(11-13-19)14-28-25(32)20-6-2-1-3-7-20/h2,4-13,15,17H,1,3,14,16H2,(H,28,32). The lowest BCUT2D eigenvalue weighted by Crippen LogP contribution is -2.26. The van der Waals surface area contributed by atoms with Crippen LogP contribution in [0.25, 0.3) is 16.6 Å². The maximum Gasteiger partial charge on any atom is 0.262 e. The topological polar surface area (TPSA) is 85.5 Å². The average molecular weight is 438 g/mol. The number of allylic oxidation sites excluding steroid dienone is 2. The van der Waals surface area contributed by atoms with Crippen LogP contribution in [-0.2, 0) is 17.9 Å². The fourth-order valence-electron chi connectivity index (χ4n) is 4.05. The minimum atomic E-state index is -0.225. The Morgan fingerprint density at radius 1 is 1.03 bits per heavy atom. The van der Waals surface area contributed by atoms with Gasteiger partial charge in [0.15, 0.2) is 5.78 Å². The van der Waals surface area contributed by atoms with E-state index >= 15 is 0 Å². The van der Waals surface area contributed by atoms with Gasteiger partial charge >= 0.3 is 0 Å². The zero-order valence-corrected chi connectivity index (χ0v) is 17.9. The number of hydrogen-bond acceptors (Lipinski definition) is 4. The molecule has 0 radical (unpaired) electrons. The lowest BCUT2D eigenvalue weighted by molar-refractivity contribution is -0.117. The number of ketones is 1. The molecule has 7 heteroatoms. The predicted octanol–water partition coefficient (Wildman–Crippen LogP) is 3.42. The van der Waals surface area contributed by atoms with E-state index in [1.807, 2.05) is 46.9 Å². The van der Waals surface area contributed by atoms with Gasteiger partial charge in [0.05, 0.1) is 23.6 Å². The van der Waals surface area contributed by atoms with Crippen molar-refractivity contribution in [3.8, 4) is 0 Å². The molecule has 0 bridgehead atoms. The average Bonchev–Trinajstić information content (AvgIpc) is 3.36. The highest BCUT2D eigenvalue weighted by atomic mass is 16.2. The molecule has 164 valence electrons. The molecule has 0 spiro atoms. The molecule has 0 saturated carbocycles. The van der Waals surface area contributed by atoms with Gasteiger partial charge in [0.1, 0.15) is 12.0 Å². The molecule has 5 rings (SSSR count). The highest BCUT2D eigenvalue weighted by Crippen LogP contribution is 2.15. The summed E-state index contributed by atoms with van der Waals surface area (Å²) in [7, 11) is 0. The van der Waals surface area contributed by atoms with Crippen molar-refractivity contribution in [1.29, 1.82) is 0 Å². The lowest BCUT2D eigenvalue weighted by Gasteiger charge is -2.11. The van der Waals surface area contributed by atoms with Crippen molar-refractivity contribution >= 4 is 28.2 Å². The van der Waals surface area contributed by atoms with Crippen LogP contribution in [0.1, 0.15) is 28.8 Å². The second-order valence-electron chi connectivity index (χ2n) is 7.97. The smallest absolute Gasteiger partial charge is 0.262 e. The molecule has 0 unspecified atom stereocenters. The van der Waals surface area contributed by atoms with Crippen LogP contribution >= 0.6 is 0 Å². The monoisotopic (exact) mass is 438 g/mol. The van der Waals surface area contributed by atoms with Crippen molar-refractivity contribution in [2.75, 3.05) is 0 Å². The van der Waals surface area contributed by atoms with E-state index in [-0.39, 0.29) is 23.8 Å². The van der Waals surface area contributed by atoms with Crippen LogP contribution in [0.3, 0.4) is 0 Å². The van der Waals surface area contributed by atoms with Gasteiger partial charge in [-0.2, -0.15) is 0 Å². The van der Waals surface area contributed by atoms with Crippen molar-refractivity contribution in [3.63, 3.8) is 0 Å². The Hall–Kier alpha value is -4.26. The van der Waals surface area contributed by atoms with E-state index in [2.05, 4.69) is 10.3 Å². The third kappa shape index (κ3) is 4.01. The van der Waals surface area contributed by atoms with E-state index in [9.17, 15) is 14.4 Å². The van der Waals surface area contributed by atoms with Gasteiger partial charge in [-0.25, -0.2) is 4.98 Å². The summed E-state index contributed by atoms with van der Waals surface area (Å²) in [5, 5.41) is 3.43. The van der Waals surface area contributed by atoms with Gasteiger partial charge in [0, 0.05) is 17.7 Å². The van der Waals surface area contributed by atoms with Gasteiger partial charge in [0.2, 0.25) is 0 Å². The summed E-state index contributed by atoms with van der Waals surface area (Å²) >= 11 is 0. The number of hydrogen-bond donors (Lipinski definition) is 1. The second kappa shape index (κ2) is 8.70. The molecule has 1 amide bonds. The molecule has 1 N–H and O–H groups in total. The Morgan fingerprint density at radius 2 is 1.85 bits per heavy atom. The molecule has 2 aromatic carbocycles. The third-order valence-electron chi connectivity index (χ3n) is 5.82. The van der Waals surface area contributed by atoms with Gasteiger partial charge in [-0.15, -0.1) is 0 Å². The maximum atomic E-state index is 13.1. The summed E-state index contributed by atoms with van der Waals surface area (Å²) < 4.78 is 3.27. The number of aromatic nitrogens is 3. The number of carbonyl (C=O) groups is 2. The summed E-state index contributed by atoms with van der Waals surface area (Å²) in [4.78, 5) is 42.4. The van der Waals surface area contributed by atoms with E-state index in [0.717, 1.165) is 23.9 Å². The zero-order chi connectivity index (χ0) is 22.8. The van der Waals surface area contributed by atoms with E-state index < -0.39 is 0 Å². The van der Waals surface area contributed by atoms with E-state index in [1.165, 1.54) is 4.57 Å². The van der Waals surface area contributed by atoms with Gasteiger partial charge in [-0.1, -0.05) is 54.6 Å². The van der Waals surface area contributed by atoms with E-state index in [1.54, 1.807) is 36.8 Å². The molecule has 2 aromatic heterocycles. The fourth-order valence-corrected chi connectivity index (χ4v) is 4.05. The number of nitrogens with one attached hydrogen (secondary N) is 1. The summed E-state index contributed by atoms with van der Waals surface area (Å²) in [6, 6.07) is 14.4. The minimum Gasteiger partial charge on any atom is -0.348 e. The number of para-hydroxylation sites is 1. The van der Waals surface area contributed by atoms with Crippen LogP contribution in [0.15, 0.2) is 89.7 Å². The van der Waals surface area contributed by atoms with Crippen molar-refractivity contribution in [2.45, 2.75) is 25.9 Å². The molecular weight excluding hydrogens is 416 g/mol. The molecule has 2 heterocycles. The molecule has 33 heavy (non-hydrogen) atoms. The molecule has 7 nitrogen and oxygen atoms in total. The summed E-state index contributed by atoms with van der Waals surface area (Å²) in [5.74, 6) is -0.282. The Morgan fingerprint density at radius 3 is 2.64 bits per heavy atom. The maximum absolute atomic E-state index is 13.1. The van der Waals surface area contributed by atoms with Crippen molar-refractivity contribution in [3.05, 3.63) is 106 Å². The van der Waals surface area contributed by atoms with Crippen LogP contribution < -0.4 is 10.9 Å². The zero-order valence-electron chi connectivity index (χ0n) is 17.9. The molecular formula is C26H22N4O3. The van der Waals surface area contributed by atoms with Crippen molar-refractivity contribution in [2.24, 2.45) is 0 Å². The van der Waals surface area contributed by atoms with Crippen LogP contribution in [0.4, 0.5) is 0 Å². The molecule has 0 atom stereocenters. The number of fused-ring (bicyclic) bond motifs is 3. The number of nitrogens with zero attached hydrogens (tertiary/aromatic N) is 3. The summed E-state index contributed by atoms with van der Waals surface area (Å²) in [5.41, 5.74) is 3.17. The first kappa shape index (κ1) is 20.6. The Kier molecular flexibility index (Phi) is 5.44. The molecule has 1 aliphatic rings. The van der Waals surface area contributed by atoms with Crippen LogP contribution in [0, 0.1) is 0 Å². The minimum absolute atomic E-state index is 0.0879. The van der Waals surface area contributed by atoms with Crippen LogP contribution in [0.2, 0.25) is 0 Å². The number of imidazole rings is 1. The highest BCUT2D eigenvalue weighted by molar-refractivity contribution is 5.97. The van der Waals surface area contributed by atoms with Gasteiger partial charge in [-0.05, 0) is 30.5 Å². The molecule has 0 fully saturated rings. The largest absolute Gasteiger partial charge is 0.348 e. The number of Topliss-reactive ketones (excluding diaryl/α,β-unsaturated/α-hetero) is 1. The second-order valence-corrected chi connectivity index (χ2v) is 7.97. The molecule has 1 aliphatic carbocycles. The van der Waals surface area contributed by atoms with Crippen LogP contribution in [0.5, 0.6) is 0 Å². The first-order valence-corrected chi connectivity index (χ1v) is 10.8.